The molecule has 0 radical (unpaired) electrons. The van der Waals surface area contributed by atoms with E-state index in [1.165, 1.54) is 12.8 Å². The molecule has 0 rings (SSSR count). The Bertz CT molecular complexity index is 99.2. The first-order valence-corrected chi connectivity index (χ1v) is 5.36. The SMILES string of the molecule is CCCNC(CC)C(C)C(C)C. The van der Waals surface area contributed by atoms with Crippen molar-refractivity contribution in [3.8, 4) is 0 Å². The lowest BCUT2D eigenvalue weighted by Crippen LogP contribution is -2.37. The Kier molecular flexibility index (Phi) is 6.45. The molecule has 1 N–H and O–H groups in total. The zero-order valence-electron chi connectivity index (χ0n) is 9.35. The van der Waals surface area contributed by atoms with Crippen LogP contribution in [0.1, 0.15) is 47.5 Å². The molecule has 12 heavy (non-hydrogen) atoms. The van der Waals surface area contributed by atoms with Gasteiger partial charge >= 0.3 is 0 Å². The van der Waals surface area contributed by atoms with Crippen molar-refractivity contribution >= 4 is 0 Å². The molecule has 2 atom stereocenters. The lowest BCUT2D eigenvalue weighted by Gasteiger charge is -2.26. The van der Waals surface area contributed by atoms with Gasteiger partial charge in [-0.1, -0.05) is 34.6 Å². The average Bonchev–Trinajstić information content (AvgIpc) is 2.05. The van der Waals surface area contributed by atoms with Crippen LogP contribution in [0.4, 0.5) is 0 Å². The molecule has 0 saturated heterocycles. The summed E-state index contributed by atoms with van der Waals surface area (Å²) in [6.45, 7) is 12.6. The summed E-state index contributed by atoms with van der Waals surface area (Å²) >= 11 is 0. The van der Waals surface area contributed by atoms with E-state index in [1.54, 1.807) is 0 Å². The van der Waals surface area contributed by atoms with E-state index in [-0.39, 0.29) is 0 Å². The van der Waals surface area contributed by atoms with Crippen LogP contribution in [-0.2, 0) is 0 Å². The van der Waals surface area contributed by atoms with E-state index < -0.39 is 0 Å². The van der Waals surface area contributed by atoms with Gasteiger partial charge in [-0.3, -0.25) is 0 Å². The summed E-state index contributed by atoms with van der Waals surface area (Å²) in [5, 5.41) is 3.60. The monoisotopic (exact) mass is 171 g/mol. The minimum absolute atomic E-state index is 0.713. The first-order valence-electron chi connectivity index (χ1n) is 5.36. The molecule has 0 fully saturated rings. The first-order chi connectivity index (χ1) is 5.63. The maximum Gasteiger partial charge on any atom is 0.00925 e. The molecule has 0 spiro atoms. The van der Waals surface area contributed by atoms with Crippen molar-refractivity contribution in [2.75, 3.05) is 6.54 Å². The van der Waals surface area contributed by atoms with E-state index in [2.05, 4.69) is 39.9 Å². The summed E-state index contributed by atoms with van der Waals surface area (Å²) in [4.78, 5) is 0. The summed E-state index contributed by atoms with van der Waals surface area (Å²) in [5.74, 6) is 1.58. The third-order valence-electron chi connectivity index (χ3n) is 2.78. The summed E-state index contributed by atoms with van der Waals surface area (Å²) in [7, 11) is 0. The van der Waals surface area contributed by atoms with Crippen molar-refractivity contribution < 1.29 is 0 Å². The predicted octanol–water partition coefficient (Wildman–Crippen LogP) is 3.06. The van der Waals surface area contributed by atoms with Crippen molar-refractivity contribution in [3.05, 3.63) is 0 Å². The highest BCUT2D eigenvalue weighted by Gasteiger charge is 2.16. The van der Waals surface area contributed by atoms with Gasteiger partial charge < -0.3 is 5.32 Å². The van der Waals surface area contributed by atoms with Crippen molar-refractivity contribution in [1.29, 1.82) is 0 Å². The molecule has 0 saturated carbocycles. The number of nitrogens with one attached hydrogen (secondary N) is 1. The molecule has 1 nitrogen and oxygen atoms in total. The average molecular weight is 171 g/mol. The fourth-order valence-electron chi connectivity index (χ4n) is 1.50. The Morgan fingerprint density at radius 1 is 1.08 bits per heavy atom. The van der Waals surface area contributed by atoms with Gasteiger partial charge in [-0.15, -0.1) is 0 Å². The highest BCUT2D eigenvalue weighted by molar-refractivity contribution is 4.73. The third-order valence-corrected chi connectivity index (χ3v) is 2.78. The molecule has 0 aliphatic heterocycles. The fourth-order valence-corrected chi connectivity index (χ4v) is 1.50. The van der Waals surface area contributed by atoms with Crippen molar-refractivity contribution in [2.24, 2.45) is 11.8 Å². The van der Waals surface area contributed by atoms with Crippen LogP contribution in [0.25, 0.3) is 0 Å². The second-order valence-electron chi connectivity index (χ2n) is 4.07. The van der Waals surface area contributed by atoms with Crippen LogP contribution in [0, 0.1) is 11.8 Å². The Balaban J connectivity index is 3.79. The normalized spacial score (nSPS) is 16.5. The molecule has 0 aromatic carbocycles. The van der Waals surface area contributed by atoms with Gasteiger partial charge in [0, 0.05) is 6.04 Å². The van der Waals surface area contributed by atoms with E-state index in [9.17, 15) is 0 Å². The molecule has 0 aliphatic carbocycles. The Morgan fingerprint density at radius 3 is 2.00 bits per heavy atom. The molecular weight excluding hydrogens is 146 g/mol. The van der Waals surface area contributed by atoms with E-state index >= 15 is 0 Å². The lowest BCUT2D eigenvalue weighted by atomic mass is 9.89. The molecule has 1 heteroatoms. The van der Waals surface area contributed by atoms with Gasteiger partial charge in [0.25, 0.3) is 0 Å². The number of hydrogen-bond acceptors (Lipinski definition) is 1. The van der Waals surface area contributed by atoms with Gasteiger partial charge in [0.2, 0.25) is 0 Å². The maximum absolute atomic E-state index is 3.60. The van der Waals surface area contributed by atoms with Crippen molar-refractivity contribution in [3.63, 3.8) is 0 Å². The Labute approximate surface area is 77.9 Å². The van der Waals surface area contributed by atoms with Gasteiger partial charge in [-0.05, 0) is 31.2 Å². The minimum atomic E-state index is 0.713. The van der Waals surface area contributed by atoms with Gasteiger partial charge in [-0.25, -0.2) is 0 Å². The topological polar surface area (TPSA) is 12.0 Å². The largest absolute Gasteiger partial charge is 0.314 e. The van der Waals surface area contributed by atoms with E-state index in [4.69, 9.17) is 0 Å². The van der Waals surface area contributed by atoms with Crippen LogP contribution < -0.4 is 5.32 Å². The summed E-state index contributed by atoms with van der Waals surface area (Å²) in [6.07, 6.45) is 2.49. The zero-order valence-corrected chi connectivity index (χ0v) is 9.35. The highest BCUT2D eigenvalue weighted by Crippen LogP contribution is 2.16. The molecule has 0 aromatic heterocycles. The van der Waals surface area contributed by atoms with Crippen LogP contribution in [-0.4, -0.2) is 12.6 Å². The molecule has 0 heterocycles. The van der Waals surface area contributed by atoms with Crippen LogP contribution in [0.5, 0.6) is 0 Å². The lowest BCUT2D eigenvalue weighted by molar-refractivity contribution is 0.292. The standard InChI is InChI=1S/C11H25N/c1-6-8-12-11(7-2)10(5)9(3)4/h9-12H,6-8H2,1-5H3. The molecule has 0 amide bonds. The van der Waals surface area contributed by atoms with Gasteiger partial charge in [0.05, 0.1) is 0 Å². The summed E-state index contributed by atoms with van der Waals surface area (Å²) in [6, 6.07) is 0.713. The molecule has 2 unspecified atom stereocenters. The molecular formula is C11H25N. The molecule has 0 bridgehead atoms. The number of hydrogen-bond donors (Lipinski definition) is 1. The maximum atomic E-state index is 3.60. The molecule has 0 aliphatic rings. The van der Waals surface area contributed by atoms with Crippen LogP contribution in [0.3, 0.4) is 0 Å². The highest BCUT2D eigenvalue weighted by atomic mass is 14.9. The van der Waals surface area contributed by atoms with E-state index in [0.717, 1.165) is 18.4 Å². The second kappa shape index (κ2) is 6.47. The first kappa shape index (κ1) is 12.0. The minimum Gasteiger partial charge on any atom is -0.314 e. The Morgan fingerprint density at radius 2 is 1.67 bits per heavy atom. The van der Waals surface area contributed by atoms with Crippen LogP contribution in [0.15, 0.2) is 0 Å². The van der Waals surface area contributed by atoms with Crippen LogP contribution in [0.2, 0.25) is 0 Å². The molecule has 0 aromatic rings. The summed E-state index contributed by atoms with van der Waals surface area (Å²) in [5.41, 5.74) is 0. The second-order valence-corrected chi connectivity index (χ2v) is 4.07. The predicted molar refractivity (Wildman–Crippen MR) is 56.4 cm³/mol. The van der Waals surface area contributed by atoms with E-state index in [0.29, 0.717) is 6.04 Å². The van der Waals surface area contributed by atoms with Gasteiger partial charge in [0.15, 0.2) is 0 Å². The van der Waals surface area contributed by atoms with E-state index in [1.807, 2.05) is 0 Å². The van der Waals surface area contributed by atoms with Crippen molar-refractivity contribution in [1.82, 2.24) is 5.32 Å². The number of rotatable bonds is 6. The fraction of sp³-hybridized carbons (Fsp3) is 1.00. The van der Waals surface area contributed by atoms with Gasteiger partial charge in [0.1, 0.15) is 0 Å². The zero-order chi connectivity index (χ0) is 9.56. The smallest absolute Gasteiger partial charge is 0.00925 e. The molecule has 74 valence electrons. The van der Waals surface area contributed by atoms with Crippen LogP contribution >= 0.6 is 0 Å². The Hall–Kier alpha value is -0.0400. The quantitative estimate of drug-likeness (QED) is 0.647. The van der Waals surface area contributed by atoms with Crippen molar-refractivity contribution in [2.45, 2.75) is 53.5 Å². The summed E-state index contributed by atoms with van der Waals surface area (Å²) < 4.78 is 0. The third kappa shape index (κ3) is 4.10. The van der Waals surface area contributed by atoms with Gasteiger partial charge in [-0.2, -0.15) is 0 Å².